The summed E-state index contributed by atoms with van der Waals surface area (Å²) < 4.78 is 0. The molecule has 0 radical (unpaired) electrons. The molecule has 5 heteroatoms. The van der Waals surface area contributed by atoms with Crippen LogP contribution in [-0.2, 0) is 9.59 Å². The minimum Gasteiger partial charge on any atom is -0.481 e. The molecule has 0 aromatic carbocycles. The summed E-state index contributed by atoms with van der Waals surface area (Å²) in [7, 11) is 0. The highest BCUT2D eigenvalue weighted by Gasteiger charge is 2.37. The Morgan fingerprint density at radius 2 is 1.74 bits per heavy atom. The van der Waals surface area contributed by atoms with Crippen LogP contribution in [0, 0.1) is 11.8 Å². The predicted octanol–water partition coefficient (Wildman–Crippen LogP) is 2.01. The zero-order chi connectivity index (χ0) is 13.8. The van der Waals surface area contributed by atoms with Crippen LogP contribution in [0.5, 0.6) is 0 Å². The summed E-state index contributed by atoms with van der Waals surface area (Å²) in [6, 6.07) is 0. The number of piperidine rings is 1. The number of rotatable bonds is 3. The second-order valence-electron chi connectivity index (χ2n) is 5.25. The molecule has 2 aliphatic rings. The average Bonchev–Trinajstić information content (AvgIpc) is 2.46. The smallest absolute Gasteiger partial charge is 0.307 e. The van der Waals surface area contributed by atoms with E-state index in [2.05, 4.69) is 6.26 Å². The van der Waals surface area contributed by atoms with Gasteiger partial charge in [0.25, 0.3) is 0 Å². The number of aliphatic carboxylic acids is 1. The summed E-state index contributed by atoms with van der Waals surface area (Å²) >= 11 is 1.86. The summed E-state index contributed by atoms with van der Waals surface area (Å²) in [5.74, 6) is -1.72. The number of carbonyl (C=O) groups excluding carboxylic acids is 1. The molecule has 2 atom stereocenters. The lowest BCUT2D eigenvalue weighted by molar-refractivity contribution is -0.151. The first-order valence-corrected chi connectivity index (χ1v) is 8.11. The Morgan fingerprint density at radius 1 is 1.16 bits per heavy atom. The molecule has 2 unspecified atom stereocenters. The van der Waals surface area contributed by atoms with Crippen molar-refractivity contribution < 1.29 is 14.7 Å². The van der Waals surface area contributed by atoms with E-state index in [-0.39, 0.29) is 11.8 Å². The lowest BCUT2D eigenvalue weighted by Gasteiger charge is -2.35. The molecule has 1 aliphatic heterocycles. The maximum atomic E-state index is 12.5. The second kappa shape index (κ2) is 6.46. The van der Waals surface area contributed by atoms with Crippen LogP contribution in [-0.4, -0.2) is 46.5 Å². The number of thioether (sulfide) groups is 1. The molecule has 1 heterocycles. The van der Waals surface area contributed by atoms with Crippen LogP contribution in [0.1, 0.15) is 25.7 Å². The van der Waals surface area contributed by atoms with E-state index in [4.69, 9.17) is 0 Å². The van der Waals surface area contributed by atoms with Gasteiger partial charge in [-0.3, -0.25) is 9.59 Å². The van der Waals surface area contributed by atoms with Crippen molar-refractivity contribution >= 4 is 23.6 Å². The Labute approximate surface area is 118 Å². The van der Waals surface area contributed by atoms with Crippen LogP contribution in [0.15, 0.2) is 12.2 Å². The van der Waals surface area contributed by atoms with Crippen molar-refractivity contribution in [3.63, 3.8) is 0 Å². The molecular formula is C14H21NO3S. The Kier molecular flexibility index (Phi) is 4.91. The quantitative estimate of drug-likeness (QED) is 0.805. The van der Waals surface area contributed by atoms with E-state index >= 15 is 0 Å². The number of nitrogens with zero attached hydrogens (tertiary/aromatic N) is 1. The molecule has 0 aromatic heterocycles. The highest BCUT2D eigenvalue weighted by Crippen LogP contribution is 2.29. The molecule has 1 aliphatic carbocycles. The third-order valence-electron chi connectivity index (χ3n) is 4.15. The van der Waals surface area contributed by atoms with Crippen LogP contribution in [0.3, 0.4) is 0 Å². The van der Waals surface area contributed by atoms with E-state index in [1.165, 1.54) is 0 Å². The molecule has 0 bridgehead atoms. The Hall–Kier alpha value is -0.970. The number of amides is 1. The number of allylic oxidation sites excluding steroid dienone is 2. The Balaban J connectivity index is 1.98. The number of likely N-dealkylation sites (tertiary alicyclic amines) is 1. The topological polar surface area (TPSA) is 57.6 Å². The Morgan fingerprint density at radius 3 is 2.26 bits per heavy atom. The van der Waals surface area contributed by atoms with Crippen LogP contribution in [0.4, 0.5) is 0 Å². The van der Waals surface area contributed by atoms with Crippen LogP contribution in [0.2, 0.25) is 0 Å². The normalized spacial score (nSPS) is 28.4. The SMILES string of the molecule is CSC1CCN(C(=O)C2CC=CCC2C(=O)O)CC1. The third kappa shape index (κ3) is 3.32. The van der Waals surface area contributed by atoms with Gasteiger partial charge in [-0.2, -0.15) is 11.8 Å². The molecule has 1 fully saturated rings. The zero-order valence-corrected chi connectivity index (χ0v) is 12.1. The van der Waals surface area contributed by atoms with Gasteiger partial charge in [-0.1, -0.05) is 12.2 Å². The lowest BCUT2D eigenvalue weighted by Crippen LogP contribution is -2.45. The first-order chi connectivity index (χ1) is 9.13. The molecular weight excluding hydrogens is 262 g/mol. The molecule has 1 N–H and O–H groups in total. The minimum atomic E-state index is -0.846. The average molecular weight is 283 g/mol. The summed E-state index contributed by atoms with van der Waals surface area (Å²) in [6.07, 6.45) is 9.01. The van der Waals surface area contributed by atoms with Gasteiger partial charge in [0.2, 0.25) is 5.91 Å². The fourth-order valence-corrected chi connectivity index (χ4v) is 3.59. The van der Waals surface area contributed by atoms with E-state index in [1.807, 2.05) is 28.8 Å². The number of carboxylic acid groups (broad SMARTS) is 1. The van der Waals surface area contributed by atoms with E-state index in [0.717, 1.165) is 25.9 Å². The van der Waals surface area contributed by atoms with Crippen molar-refractivity contribution in [1.29, 1.82) is 0 Å². The lowest BCUT2D eigenvalue weighted by atomic mass is 9.82. The Bertz CT molecular complexity index is 375. The number of hydrogen-bond donors (Lipinski definition) is 1. The molecule has 19 heavy (non-hydrogen) atoms. The number of carboxylic acids is 1. The van der Waals surface area contributed by atoms with Crippen molar-refractivity contribution in [3.8, 4) is 0 Å². The monoisotopic (exact) mass is 283 g/mol. The number of carbonyl (C=O) groups is 2. The van der Waals surface area contributed by atoms with Crippen molar-refractivity contribution in [3.05, 3.63) is 12.2 Å². The van der Waals surface area contributed by atoms with Crippen molar-refractivity contribution in [2.75, 3.05) is 19.3 Å². The molecule has 106 valence electrons. The zero-order valence-electron chi connectivity index (χ0n) is 11.2. The molecule has 4 nitrogen and oxygen atoms in total. The summed E-state index contributed by atoms with van der Waals surface area (Å²) in [6.45, 7) is 1.55. The molecule has 1 saturated heterocycles. The first kappa shape index (κ1) is 14.4. The summed E-state index contributed by atoms with van der Waals surface area (Å²) in [5.41, 5.74) is 0. The minimum absolute atomic E-state index is 0.0382. The van der Waals surface area contributed by atoms with Gasteiger partial charge in [-0.15, -0.1) is 0 Å². The van der Waals surface area contributed by atoms with E-state index in [0.29, 0.717) is 18.1 Å². The fourth-order valence-electron chi connectivity index (χ4n) is 2.91. The standard InChI is InChI=1S/C14H21NO3S/c1-19-10-6-8-15(9-7-10)13(16)11-4-2-3-5-12(11)14(17)18/h2-3,10-12H,4-9H2,1H3,(H,17,18). The summed E-state index contributed by atoms with van der Waals surface area (Å²) in [5, 5.41) is 9.87. The second-order valence-corrected chi connectivity index (χ2v) is 6.39. The van der Waals surface area contributed by atoms with Crippen LogP contribution in [0.25, 0.3) is 0 Å². The third-order valence-corrected chi connectivity index (χ3v) is 5.29. The van der Waals surface area contributed by atoms with Gasteiger partial charge in [0.1, 0.15) is 0 Å². The molecule has 2 rings (SSSR count). The predicted molar refractivity (Wildman–Crippen MR) is 76.1 cm³/mol. The highest BCUT2D eigenvalue weighted by atomic mass is 32.2. The van der Waals surface area contributed by atoms with Gasteiger partial charge in [0, 0.05) is 18.3 Å². The van der Waals surface area contributed by atoms with E-state index < -0.39 is 11.9 Å². The van der Waals surface area contributed by atoms with Gasteiger partial charge in [0.15, 0.2) is 0 Å². The van der Waals surface area contributed by atoms with Gasteiger partial charge in [-0.25, -0.2) is 0 Å². The maximum Gasteiger partial charge on any atom is 0.307 e. The molecule has 0 spiro atoms. The first-order valence-electron chi connectivity index (χ1n) is 6.83. The van der Waals surface area contributed by atoms with Crippen molar-refractivity contribution in [2.45, 2.75) is 30.9 Å². The molecule has 0 saturated carbocycles. The maximum absolute atomic E-state index is 12.5. The van der Waals surface area contributed by atoms with E-state index in [9.17, 15) is 14.7 Å². The molecule has 0 aromatic rings. The molecule has 1 amide bonds. The van der Waals surface area contributed by atoms with Crippen molar-refractivity contribution in [1.82, 2.24) is 4.90 Å². The van der Waals surface area contributed by atoms with E-state index in [1.54, 1.807) is 0 Å². The fraction of sp³-hybridized carbons (Fsp3) is 0.714. The van der Waals surface area contributed by atoms with Crippen molar-refractivity contribution in [2.24, 2.45) is 11.8 Å². The highest BCUT2D eigenvalue weighted by molar-refractivity contribution is 7.99. The summed E-state index contributed by atoms with van der Waals surface area (Å²) in [4.78, 5) is 25.6. The van der Waals surface area contributed by atoms with Gasteiger partial charge >= 0.3 is 5.97 Å². The van der Waals surface area contributed by atoms with Gasteiger partial charge in [0.05, 0.1) is 11.8 Å². The number of hydrogen-bond acceptors (Lipinski definition) is 3. The van der Waals surface area contributed by atoms with Gasteiger partial charge in [-0.05, 0) is 31.9 Å². The van der Waals surface area contributed by atoms with Crippen LogP contribution >= 0.6 is 11.8 Å². The largest absolute Gasteiger partial charge is 0.481 e. The van der Waals surface area contributed by atoms with Gasteiger partial charge < -0.3 is 10.0 Å². The van der Waals surface area contributed by atoms with Crippen LogP contribution < -0.4 is 0 Å².